The number of carbonyl (C=O) groups excluding carboxylic acids is 2. The van der Waals surface area contributed by atoms with E-state index in [1.807, 2.05) is 18.2 Å². The van der Waals surface area contributed by atoms with Crippen molar-refractivity contribution in [1.82, 2.24) is 9.97 Å². The second kappa shape index (κ2) is 7.68. The number of imidazole rings is 1. The van der Waals surface area contributed by atoms with E-state index >= 15 is 0 Å². The topological polar surface area (TPSA) is 102 Å². The fourth-order valence-electron chi connectivity index (χ4n) is 1.89. The number of aromatic nitrogens is 2. The van der Waals surface area contributed by atoms with Crippen LogP contribution in [0.5, 0.6) is 0 Å². The van der Waals surface area contributed by atoms with Crippen molar-refractivity contribution < 1.29 is 24.2 Å². The van der Waals surface area contributed by atoms with Gasteiger partial charge in [-0.15, -0.1) is 11.8 Å². The van der Waals surface area contributed by atoms with E-state index < -0.39 is 11.9 Å². The van der Waals surface area contributed by atoms with E-state index in [0.29, 0.717) is 5.52 Å². The van der Waals surface area contributed by atoms with Gasteiger partial charge in [0.25, 0.3) is 0 Å². The molecule has 0 fully saturated rings. The Morgan fingerprint density at radius 3 is 2.61 bits per heavy atom. The third-order valence-electron chi connectivity index (χ3n) is 2.99. The van der Waals surface area contributed by atoms with Gasteiger partial charge in [-0.25, -0.2) is 9.78 Å². The number of ether oxygens (including phenoxy) is 2. The molecule has 7 nitrogen and oxygen atoms in total. The zero-order valence-corrected chi connectivity index (χ0v) is 13.5. The Bertz CT molecular complexity index is 720. The van der Waals surface area contributed by atoms with E-state index in [1.165, 1.54) is 14.2 Å². The zero-order valence-electron chi connectivity index (χ0n) is 12.7. The summed E-state index contributed by atoms with van der Waals surface area (Å²) in [5, 5.41) is 10.2. The highest BCUT2D eigenvalue weighted by molar-refractivity contribution is 8.00. The van der Waals surface area contributed by atoms with Crippen LogP contribution in [0, 0.1) is 0 Å². The third kappa shape index (κ3) is 4.04. The molecule has 0 spiro atoms. The highest BCUT2D eigenvalue weighted by Crippen LogP contribution is 2.22. The number of esters is 2. The van der Waals surface area contributed by atoms with E-state index in [1.54, 1.807) is 6.07 Å². The number of aliphatic hydroxyl groups is 1. The number of hydrogen-bond donors (Lipinski definition) is 2. The summed E-state index contributed by atoms with van der Waals surface area (Å²) in [6.07, 6.45) is 0. The van der Waals surface area contributed by atoms with E-state index in [0.717, 1.165) is 17.3 Å². The predicted molar refractivity (Wildman–Crippen MR) is 87.0 cm³/mol. The number of aromatic amines is 1. The molecule has 122 valence electrons. The number of fused-ring (bicyclic) bond motifs is 1. The summed E-state index contributed by atoms with van der Waals surface area (Å²) in [6, 6.07) is 7.25. The van der Waals surface area contributed by atoms with Gasteiger partial charge in [-0.3, -0.25) is 4.79 Å². The number of nitrogens with one attached hydrogen (secondary N) is 1. The number of methoxy groups -OCH3 is 2. The van der Waals surface area contributed by atoms with Crippen LogP contribution in [0.25, 0.3) is 16.6 Å². The van der Waals surface area contributed by atoms with Crippen LogP contribution >= 0.6 is 11.8 Å². The monoisotopic (exact) mass is 336 g/mol. The molecule has 0 amide bonds. The average molecular weight is 336 g/mol. The molecule has 0 saturated heterocycles. The van der Waals surface area contributed by atoms with E-state index in [-0.39, 0.29) is 28.7 Å². The van der Waals surface area contributed by atoms with E-state index in [2.05, 4.69) is 14.7 Å². The van der Waals surface area contributed by atoms with Crippen molar-refractivity contribution in [2.45, 2.75) is 0 Å². The molecule has 0 aliphatic heterocycles. The number of thioether (sulfide) groups is 1. The van der Waals surface area contributed by atoms with Crippen LogP contribution in [0.3, 0.4) is 0 Å². The van der Waals surface area contributed by atoms with Crippen LogP contribution < -0.4 is 0 Å². The highest BCUT2D eigenvalue weighted by Gasteiger charge is 2.22. The number of H-pyrrole nitrogens is 1. The van der Waals surface area contributed by atoms with Crippen LogP contribution in [-0.2, 0) is 19.1 Å². The molecule has 0 radical (unpaired) electrons. The Kier molecular flexibility index (Phi) is 5.64. The summed E-state index contributed by atoms with van der Waals surface area (Å²) >= 11 is 1.12. The van der Waals surface area contributed by atoms with Gasteiger partial charge in [-0.05, 0) is 12.1 Å². The summed E-state index contributed by atoms with van der Waals surface area (Å²) in [7, 11) is 2.51. The minimum absolute atomic E-state index is 0.0522. The molecule has 0 unspecified atom stereocenters. The van der Waals surface area contributed by atoms with Crippen molar-refractivity contribution in [3.63, 3.8) is 0 Å². The Hall–Kier alpha value is -2.48. The maximum Gasteiger partial charge on any atom is 0.345 e. The molecule has 0 saturated carbocycles. The van der Waals surface area contributed by atoms with Crippen molar-refractivity contribution in [1.29, 1.82) is 0 Å². The molecule has 0 atom stereocenters. The van der Waals surface area contributed by atoms with Gasteiger partial charge in [-0.2, -0.15) is 0 Å². The summed E-state index contributed by atoms with van der Waals surface area (Å²) in [5.74, 6) is -1.00. The van der Waals surface area contributed by atoms with Crippen molar-refractivity contribution in [2.24, 2.45) is 0 Å². The lowest BCUT2D eigenvalue weighted by molar-refractivity contribution is -0.137. The van der Waals surface area contributed by atoms with Crippen LogP contribution in [0.1, 0.15) is 5.82 Å². The van der Waals surface area contributed by atoms with Crippen molar-refractivity contribution in [2.75, 3.05) is 25.7 Å². The lowest BCUT2D eigenvalue weighted by atomic mass is 10.2. The second-order valence-corrected chi connectivity index (χ2v) is 5.47. The molecule has 1 aromatic heterocycles. The van der Waals surface area contributed by atoms with Crippen LogP contribution in [-0.4, -0.2) is 52.7 Å². The lowest BCUT2D eigenvalue weighted by Crippen LogP contribution is -2.11. The number of nitrogens with zero attached hydrogens (tertiary/aromatic N) is 1. The van der Waals surface area contributed by atoms with Crippen molar-refractivity contribution in [3.8, 4) is 0 Å². The van der Waals surface area contributed by atoms with Gasteiger partial charge in [0.15, 0.2) is 0 Å². The molecule has 0 bridgehead atoms. The Morgan fingerprint density at radius 1 is 1.22 bits per heavy atom. The number of aliphatic hydroxyl groups excluding tert-OH is 1. The van der Waals surface area contributed by atoms with Gasteiger partial charge in [0.05, 0.1) is 36.8 Å². The van der Waals surface area contributed by atoms with Crippen LogP contribution in [0.4, 0.5) is 0 Å². The molecule has 0 aliphatic rings. The number of para-hydroxylation sites is 2. The first-order chi connectivity index (χ1) is 11.1. The minimum atomic E-state index is -0.708. The normalized spacial score (nSPS) is 11.9. The molecule has 1 heterocycles. The maximum absolute atomic E-state index is 12.0. The SMILES string of the molecule is COC(=O)CSC/C(O)=C(\C(=O)OC)c1nc2ccccc2[nH]1. The summed E-state index contributed by atoms with van der Waals surface area (Å²) < 4.78 is 9.23. The van der Waals surface area contributed by atoms with Crippen molar-refractivity contribution >= 4 is 40.3 Å². The quantitative estimate of drug-likeness (QED) is 0.472. The Labute approximate surface area is 136 Å². The standard InChI is InChI=1S/C15H16N2O5S/c1-21-12(19)8-23-7-11(18)13(15(20)22-2)14-16-9-5-3-4-6-10(9)17-14/h3-6,18H,7-8H2,1-2H3,(H,16,17)/b13-11+. The number of hydrogen-bond acceptors (Lipinski definition) is 7. The fourth-order valence-corrected chi connectivity index (χ4v) is 2.61. The van der Waals surface area contributed by atoms with Gasteiger partial charge >= 0.3 is 11.9 Å². The highest BCUT2D eigenvalue weighted by atomic mass is 32.2. The lowest BCUT2D eigenvalue weighted by Gasteiger charge is -2.06. The molecule has 2 rings (SSSR count). The second-order valence-electron chi connectivity index (χ2n) is 4.48. The van der Waals surface area contributed by atoms with Gasteiger partial charge in [-0.1, -0.05) is 12.1 Å². The first kappa shape index (κ1) is 16.9. The van der Waals surface area contributed by atoms with Gasteiger partial charge in [0.2, 0.25) is 0 Å². The predicted octanol–water partition coefficient (Wildman–Crippen LogP) is 1.91. The summed E-state index contributed by atoms with van der Waals surface area (Å²) in [5.41, 5.74) is 1.35. The summed E-state index contributed by atoms with van der Waals surface area (Å²) in [4.78, 5) is 30.3. The number of benzene rings is 1. The molecule has 8 heteroatoms. The average Bonchev–Trinajstić information content (AvgIpc) is 2.97. The molecule has 23 heavy (non-hydrogen) atoms. The van der Waals surface area contributed by atoms with Crippen molar-refractivity contribution in [3.05, 3.63) is 35.8 Å². The number of carbonyl (C=O) groups is 2. The first-order valence-corrected chi connectivity index (χ1v) is 7.82. The molecule has 0 aliphatic carbocycles. The maximum atomic E-state index is 12.0. The Morgan fingerprint density at radius 2 is 1.96 bits per heavy atom. The van der Waals surface area contributed by atoms with Gasteiger partial charge in [0, 0.05) is 0 Å². The van der Waals surface area contributed by atoms with Crippen LogP contribution in [0.15, 0.2) is 30.0 Å². The number of rotatable bonds is 6. The molecule has 2 aromatic rings. The van der Waals surface area contributed by atoms with Gasteiger partial charge < -0.3 is 19.6 Å². The minimum Gasteiger partial charge on any atom is -0.510 e. The smallest absolute Gasteiger partial charge is 0.345 e. The van der Waals surface area contributed by atoms with E-state index in [4.69, 9.17) is 4.74 Å². The molecule has 1 aromatic carbocycles. The summed E-state index contributed by atoms with van der Waals surface area (Å²) in [6.45, 7) is 0. The zero-order chi connectivity index (χ0) is 16.8. The third-order valence-corrected chi connectivity index (χ3v) is 3.91. The van der Waals surface area contributed by atoms with Crippen LogP contribution in [0.2, 0.25) is 0 Å². The molecule has 2 N–H and O–H groups in total. The molecular weight excluding hydrogens is 320 g/mol. The fraction of sp³-hybridized carbons (Fsp3) is 0.267. The van der Waals surface area contributed by atoms with Gasteiger partial charge in [0.1, 0.15) is 17.2 Å². The van der Waals surface area contributed by atoms with E-state index in [9.17, 15) is 14.7 Å². The largest absolute Gasteiger partial charge is 0.510 e. The molecular formula is C15H16N2O5S. The first-order valence-electron chi connectivity index (χ1n) is 6.67. The Balaban J connectivity index is 2.30.